The van der Waals surface area contributed by atoms with Crippen LogP contribution in [0.5, 0.6) is 0 Å². The highest BCUT2D eigenvalue weighted by atomic mass is 16.6. The molecule has 3 N–H and O–H groups in total. The number of aliphatic hydroxyl groups excluding tert-OH is 1. The minimum Gasteiger partial charge on any atom is -0.469 e. The first-order valence-electron chi connectivity index (χ1n) is 9.97. The molecule has 0 aromatic carbocycles. The molecule has 1 saturated carbocycles. The summed E-state index contributed by atoms with van der Waals surface area (Å²) in [5, 5.41) is 16.7. The van der Waals surface area contributed by atoms with E-state index in [0.717, 1.165) is 12.8 Å². The molecule has 28 heavy (non-hydrogen) atoms. The fourth-order valence-electron chi connectivity index (χ4n) is 4.10. The number of aliphatic hydroxyl groups is 1. The number of carbonyl (C=O) groups is 3. The van der Waals surface area contributed by atoms with Crippen LogP contribution in [0.25, 0.3) is 0 Å². The topological polar surface area (TPSA) is 114 Å². The molecule has 8 heteroatoms. The van der Waals surface area contributed by atoms with E-state index >= 15 is 0 Å². The molecule has 1 aliphatic rings. The van der Waals surface area contributed by atoms with Gasteiger partial charge in [-0.15, -0.1) is 0 Å². The third-order valence-corrected chi connectivity index (χ3v) is 5.33. The Morgan fingerprint density at radius 2 is 1.75 bits per heavy atom. The molecule has 0 aliphatic heterocycles. The van der Waals surface area contributed by atoms with Crippen molar-refractivity contribution < 1.29 is 29.0 Å². The molecular weight excluding hydrogens is 364 g/mol. The predicted molar refractivity (Wildman–Crippen MR) is 104 cm³/mol. The molecule has 162 valence electrons. The number of amides is 2. The van der Waals surface area contributed by atoms with Gasteiger partial charge >= 0.3 is 12.1 Å². The summed E-state index contributed by atoms with van der Waals surface area (Å²) >= 11 is 0. The highest BCUT2D eigenvalue weighted by Gasteiger charge is 2.51. The first-order chi connectivity index (χ1) is 12.9. The van der Waals surface area contributed by atoms with Gasteiger partial charge in [0.15, 0.2) is 0 Å². The lowest BCUT2D eigenvalue weighted by Gasteiger charge is -2.36. The minimum atomic E-state index is -1.05. The lowest BCUT2D eigenvalue weighted by molar-refractivity contribution is -0.149. The first-order valence-corrected chi connectivity index (χ1v) is 9.97. The van der Waals surface area contributed by atoms with E-state index < -0.39 is 47.7 Å². The van der Waals surface area contributed by atoms with Crippen LogP contribution >= 0.6 is 0 Å². The van der Waals surface area contributed by atoms with E-state index in [1.165, 1.54) is 14.0 Å². The van der Waals surface area contributed by atoms with Gasteiger partial charge in [0.1, 0.15) is 5.60 Å². The Morgan fingerprint density at radius 3 is 2.18 bits per heavy atom. The molecule has 0 heterocycles. The number of rotatable bonds is 7. The first kappa shape index (κ1) is 24.2. The summed E-state index contributed by atoms with van der Waals surface area (Å²) in [4.78, 5) is 36.4. The molecule has 0 aromatic rings. The number of hydrogen-bond donors (Lipinski definition) is 3. The van der Waals surface area contributed by atoms with Gasteiger partial charge in [-0.25, -0.2) is 4.79 Å². The number of nitrogens with one attached hydrogen (secondary N) is 2. The zero-order valence-electron chi connectivity index (χ0n) is 18.1. The fourth-order valence-corrected chi connectivity index (χ4v) is 4.10. The third-order valence-electron chi connectivity index (χ3n) is 5.33. The van der Waals surface area contributed by atoms with Gasteiger partial charge in [-0.3, -0.25) is 9.59 Å². The van der Waals surface area contributed by atoms with Crippen molar-refractivity contribution in [1.82, 2.24) is 10.6 Å². The Bertz CT molecular complexity index is 555. The molecule has 1 fully saturated rings. The average molecular weight is 401 g/mol. The molecule has 0 radical (unpaired) electrons. The second-order valence-electron chi connectivity index (χ2n) is 8.49. The van der Waals surface area contributed by atoms with Crippen LogP contribution in [-0.2, 0) is 19.1 Å². The van der Waals surface area contributed by atoms with Crippen molar-refractivity contribution in [3.63, 3.8) is 0 Å². The van der Waals surface area contributed by atoms with Crippen molar-refractivity contribution in [3.05, 3.63) is 0 Å². The highest BCUT2D eigenvalue weighted by molar-refractivity contribution is 5.75. The average Bonchev–Trinajstić information content (AvgIpc) is 2.88. The molecule has 0 spiro atoms. The minimum absolute atomic E-state index is 0.0860. The Hall–Kier alpha value is -1.83. The van der Waals surface area contributed by atoms with E-state index in [2.05, 4.69) is 10.6 Å². The maximum absolute atomic E-state index is 12.3. The van der Waals surface area contributed by atoms with Gasteiger partial charge in [-0.2, -0.15) is 0 Å². The van der Waals surface area contributed by atoms with Crippen molar-refractivity contribution in [1.29, 1.82) is 0 Å². The molecule has 1 aliphatic carbocycles. The summed E-state index contributed by atoms with van der Waals surface area (Å²) in [6, 6.07) is -0.927. The van der Waals surface area contributed by atoms with Gasteiger partial charge in [0.25, 0.3) is 0 Å². The largest absolute Gasteiger partial charge is 0.469 e. The second kappa shape index (κ2) is 10.1. The van der Waals surface area contributed by atoms with Crippen LogP contribution in [0.3, 0.4) is 0 Å². The summed E-state index contributed by atoms with van der Waals surface area (Å²) in [6.45, 7) is 10.7. The van der Waals surface area contributed by atoms with Crippen molar-refractivity contribution in [2.45, 2.75) is 84.6 Å². The van der Waals surface area contributed by atoms with E-state index in [0.29, 0.717) is 0 Å². The van der Waals surface area contributed by atoms with Gasteiger partial charge in [0.2, 0.25) is 5.91 Å². The summed E-state index contributed by atoms with van der Waals surface area (Å²) < 4.78 is 10.2. The van der Waals surface area contributed by atoms with E-state index in [1.54, 1.807) is 20.8 Å². The monoisotopic (exact) mass is 400 g/mol. The van der Waals surface area contributed by atoms with Gasteiger partial charge in [-0.05, 0) is 33.1 Å². The Morgan fingerprint density at radius 1 is 1.18 bits per heavy atom. The Balaban J connectivity index is 3.21. The second-order valence-corrected chi connectivity index (χ2v) is 8.49. The summed E-state index contributed by atoms with van der Waals surface area (Å²) in [5.74, 6) is -1.98. The fraction of sp³-hybridized carbons (Fsp3) is 0.850. The number of methoxy groups -OCH3 is 1. The standard InChI is InChI=1S/C20H36N2O6/c1-8-12(9-2)16(21-11(3)23)15-14(22-19(26)28-20(4,5)6)10-13(17(15)24)18(25)27-7/h12-17,24H,8-10H2,1-7H3,(H,21,23)(H,22,26). The predicted octanol–water partition coefficient (Wildman–Crippen LogP) is 1.99. The Kier molecular flexibility index (Phi) is 8.73. The molecule has 2 amide bonds. The lowest BCUT2D eigenvalue weighted by atomic mass is 9.80. The van der Waals surface area contributed by atoms with Crippen LogP contribution in [0, 0.1) is 17.8 Å². The maximum atomic E-state index is 12.3. The van der Waals surface area contributed by atoms with E-state index in [9.17, 15) is 19.5 Å². The number of ether oxygens (including phenoxy) is 2. The van der Waals surface area contributed by atoms with Gasteiger partial charge in [0.05, 0.1) is 19.1 Å². The molecule has 5 atom stereocenters. The molecule has 8 nitrogen and oxygen atoms in total. The summed E-state index contributed by atoms with van der Waals surface area (Å²) in [6.07, 6.45) is 0.115. The van der Waals surface area contributed by atoms with Crippen LogP contribution in [0.2, 0.25) is 0 Å². The van der Waals surface area contributed by atoms with E-state index in [4.69, 9.17) is 9.47 Å². The third kappa shape index (κ3) is 6.36. The number of alkyl carbamates (subject to hydrolysis) is 1. The quantitative estimate of drug-likeness (QED) is 0.563. The van der Waals surface area contributed by atoms with Crippen LogP contribution in [0.4, 0.5) is 4.79 Å². The SMILES string of the molecule is CCC(CC)C(NC(C)=O)C1C(NC(=O)OC(C)(C)C)CC(C(=O)OC)C1O. The molecule has 0 bridgehead atoms. The van der Waals surface area contributed by atoms with Crippen molar-refractivity contribution in [3.8, 4) is 0 Å². The normalized spacial score (nSPS) is 25.9. The number of esters is 1. The molecular formula is C20H36N2O6. The van der Waals surface area contributed by atoms with E-state index in [-0.39, 0.29) is 18.2 Å². The smallest absolute Gasteiger partial charge is 0.407 e. The highest BCUT2D eigenvalue weighted by Crippen LogP contribution is 2.38. The molecule has 1 rings (SSSR count). The number of hydrogen-bond acceptors (Lipinski definition) is 6. The zero-order chi connectivity index (χ0) is 21.6. The number of carbonyl (C=O) groups excluding carboxylic acids is 3. The maximum Gasteiger partial charge on any atom is 0.407 e. The van der Waals surface area contributed by atoms with E-state index in [1.807, 2.05) is 13.8 Å². The summed E-state index contributed by atoms with van der Waals surface area (Å²) in [7, 11) is 1.27. The molecule has 0 saturated heterocycles. The van der Waals surface area contributed by atoms with Crippen molar-refractivity contribution in [2.24, 2.45) is 17.8 Å². The van der Waals surface area contributed by atoms with Gasteiger partial charge in [-0.1, -0.05) is 26.7 Å². The Labute approximate surface area is 167 Å². The molecule has 5 unspecified atom stereocenters. The van der Waals surface area contributed by atoms with Crippen LogP contribution < -0.4 is 10.6 Å². The van der Waals surface area contributed by atoms with Crippen LogP contribution in [0.1, 0.15) is 60.8 Å². The van der Waals surface area contributed by atoms with Gasteiger partial charge in [0, 0.05) is 24.9 Å². The zero-order valence-corrected chi connectivity index (χ0v) is 18.1. The van der Waals surface area contributed by atoms with Gasteiger partial charge < -0.3 is 25.2 Å². The van der Waals surface area contributed by atoms with Crippen molar-refractivity contribution in [2.75, 3.05) is 7.11 Å². The lowest BCUT2D eigenvalue weighted by Crippen LogP contribution is -2.54. The van der Waals surface area contributed by atoms with Crippen LogP contribution in [-0.4, -0.2) is 54.0 Å². The summed E-state index contributed by atoms with van der Waals surface area (Å²) in [5.41, 5.74) is -0.676. The van der Waals surface area contributed by atoms with Crippen molar-refractivity contribution >= 4 is 18.0 Å². The molecule has 0 aromatic heterocycles. The van der Waals surface area contributed by atoms with Crippen LogP contribution in [0.15, 0.2) is 0 Å².